The zero-order valence-corrected chi connectivity index (χ0v) is 11.3. The molecular formula is C12H12ClN3OS. The number of aromatic nitrogens is 1. The minimum atomic E-state index is -0.472. The fourth-order valence-corrected chi connectivity index (χ4v) is 2.36. The Morgan fingerprint density at radius 2 is 2.33 bits per heavy atom. The summed E-state index contributed by atoms with van der Waals surface area (Å²) in [6, 6.07) is 4.89. The van der Waals surface area contributed by atoms with Crippen LogP contribution in [0.3, 0.4) is 0 Å². The number of thiazole rings is 1. The lowest BCUT2D eigenvalue weighted by atomic mass is 10.2. The minimum Gasteiger partial charge on any atom is -0.377 e. The number of benzene rings is 1. The molecular weight excluding hydrogens is 270 g/mol. The first-order chi connectivity index (χ1) is 8.56. The Bertz CT molecular complexity index is 582. The highest BCUT2D eigenvalue weighted by Crippen LogP contribution is 2.24. The summed E-state index contributed by atoms with van der Waals surface area (Å²) in [5, 5.41) is 6.65. The summed E-state index contributed by atoms with van der Waals surface area (Å²) < 4.78 is 0. The summed E-state index contributed by atoms with van der Waals surface area (Å²) in [5.74, 6) is -0.472. The van der Waals surface area contributed by atoms with Crippen LogP contribution in [0.2, 0.25) is 5.02 Å². The molecule has 0 bridgehead atoms. The van der Waals surface area contributed by atoms with Gasteiger partial charge in [0.1, 0.15) is 5.01 Å². The Morgan fingerprint density at radius 1 is 1.56 bits per heavy atom. The normalized spacial score (nSPS) is 10.3. The van der Waals surface area contributed by atoms with Crippen LogP contribution < -0.4 is 11.1 Å². The van der Waals surface area contributed by atoms with Crippen molar-refractivity contribution in [3.05, 3.63) is 44.9 Å². The Balaban J connectivity index is 2.13. The minimum absolute atomic E-state index is 0.428. The van der Waals surface area contributed by atoms with E-state index in [-0.39, 0.29) is 0 Å². The summed E-state index contributed by atoms with van der Waals surface area (Å²) in [7, 11) is 0. The third-order valence-corrected chi connectivity index (χ3v) is 3.64. The van der Waals surface area contributed by atoms with E-state index >= 15 is 0 Å². The van der Waals surface area contributed by atoms with E-state index < -0.39 is 5.91 Å². The van der Waals surface area contributed by atoms with Gasteiger partial charge >= 0.3 is 0 Å². The van der Waals surface area contributed by atoms with Crippen molar-refractivity contribution >= 4 is 34.5 Å². The Morgan fingerprint density at radius 3 is 2.94 bits per heavy atom. The van der Waals surface area contributed by atoms with Gasteiger partial charge in [0.05, 0.1) is 17.3 Å². The van der Waals surface area contributed by atoms with E-state index in [1.807, 2.05) is 12.3 Å². The number of hydrogen-bond donors (Lipinski definition) is 2. The lowest BCUT2D eigenvalue weighted by Crippen LogP contribution is -2.11. The number of anilines is 1. The molecule has 4 nitrogen and oxygen atoms in total. The molecule has 0 saturated heterocycles. The van der Waals surface area contributed by atoms with Gasteiger partial charge in [-0.05, 0) is 25.1 Å². The van der Waals surface area contributed by atoms with Crippen molar-refractivity contribution in [1.29, 1.82) is 0 Å². The van der Waals surface area contributed by atoms with E-state index in [4.69, 9.17) is 17.3 Å². The summed E-state index contributed by atoms with van der Waals surface area (Å²) in [5.41, 5.74) is 7.33. The second kappa shape index (κ2) is 5.37. The monoisotopic (exact) mass is 281 g/mol. The number of amides is 1. The SMILES string of the molecule is Cc1csc(CNc2cc(C(N)=O)ccc2Cl)n1. The summed E-state index contributed by atoms with van der Waals surface area (Å²) in [6.45, 7) is 2.52. The topological polar surface area (TPSA) is 68.0 Å². The molecule has 2 rings (SSSR count). The van der Waals surface area contributed by atoms with Crippen molar-refractivity contribution in [3.8, 4) is 0 Å². The van der Waals surface area contributed by atoms with Crippen LogP contribution in [0.25, 0.3) is 0 Å². The van der Waals surface area contributed by atoms with Crippen molar-refractivity contribution in [2.24, 2.45) is 5.73 Å². The average Bonchev–Trinajstić information content (AvgIpc) is 2.74. The number of halogens is 1. The summed E-state index contributed by atoms with van der Waals surface area (Å²) >= 11 is 7.62. The molecule has 0 unspecified atom stereocenters. The molecule has 0 aliphatic heterocycles. The molecule has 2 aromatic rings. The molecule has 18 heavy (non-hydrogen) atoms. The summed E-state index contributed by atoms with van der Waals surface area (Å²) in [6.07, 6.45) is 0. The first-order valence-electron chi connectivity index (χ1n) is 5.30. The molecule has 94 valence electrons. The number of primary amides is 1. The smallest absolute Gasteiger partial charge is 0.248 e. The van der Waals surface area contributed by atoms with E-state index in [2.05, 4.69) is 10.3 Å². The average molecular weight is 282 g/mol. The lowest BCUT2D eigenvalue weighted by Gasteiger charge is -2.08. The molecule has 0 aliphatic rings. The highest BCUT2D eigenvalue weighted by atomic mass is 35.5. The second-order valence-corrected chi connectivity index (χ2v) is 5.14. The molecule has 0 fully saturated rings. The predicted molar refractivity (Wildman–Crippen MR) is 74.1 cm³/mol. The van der Waals surface area contributed by atoms with Gasteiger partial charge in [0.15, 0.2) is 0 Å². The molecule has 1 amide bonds. The largest absolute Gasteiger partial charge is 0.377 e. The van der Waals surface area contributed by atoms with E-state index in [1.54, 1.807) is 29.5 Å². The van der Waals surface area contributed by atoms with Gasteiger partial charge in [-0.25, -0.2) is 4.98 Å². The first kappa shape index (κ1) is 12.9. The van der Waals surface area contributed by atoms with Gasteiger partial charge in [-0.2, -0.15) is 0 Å². The maximum Gasteiger partial charge on any atom is 0.248 e. The molecule has 0 atom stereocenters. The third kappa shape index (κ3) is 3.00. The van der Waals surface area contributed by atoms with Gasteiger partial charge in [0.2, 0.25) is 5.91 Å². The fourth-order valence-electron chi connectivity index (χ4n) is 1.47. The molecule has 1 aromatic heterocycles. The number of nitrogens with two attached hydrogens (primary N) is 1. The number of hydrogen-bond acceptors (Lipinski definition) is 4. The van der Waals surface area contributed by atoms with Crippen molar-refractivity contribution in [2.75, 3.05) is 5.32 Å². The molecule has 3 N–H and O–H groups in total. The first-order valence-corrected chi connectivity index (χ1v) is 6.56. The van der Waals surface area contributed by atoms with Crippen LogP contribution in [-0.2, 0) is 6.54 Å². The van der Waals surface area contributed by atoms with Crippen molar-refractivity contribution in [3.63, 3.8) is 0 Å². The van der Waals surface area contributed by atoms with Crippen LogP contribution in [0.4, 0.5) is 5.69 Å². The quantitative estimate of drug-likeness (QED) is 0.905. The van der Waals surface area contributed by atoms with E-state index in [0.717, 1.165) is 10.7 Å². The van der Waals surface area contributed by atoms with Crippen molar-refractivity contribution in [2.45, 2.75) is 13.5 Å². The number of rotatable bonds is 4. The zero-order valence-electron chi connectivity index (χ0n) is 9.74. The second-order valence-electron chi connectivity index (χ2n) is 3.80. The number of carbonyl (C=O) groups is 1. The highest BCUT2D eigenvalue weighted by Gasteiger charge is 2.06. The van der Waals surface area contributed by atoms with Crippen LogP contribution in [-0.4, -0.2) is 10.9 Å². The highest BCUT2D eigenvalue weighted by molar-refractivity contribution is 7.09. The fraction of sp³-hybridized carbons (Fsp3) is 0.167. The van der Waals surface area contributed by atoms with Gasteiger partial charge in [-0.15, -0.1) is 11.3 Å². The lowest BCUT2D eigenvalue weighted by molar-refractivity contribution is 0.100. The third-order valence-electron chi connectivity index (χ3n) is 2.35. The van der Waals surface area contributed by atoms with Gasteiger partial charge in [-0.1, -0.05) is 11.6 Å². The van der Waals surface area contributed by atoms with E-state index in [0.29, 0.717) is 22.8 Å². The van der Waals surface area contributed by atoms with Gasteiger partial charge in [-0.3, -0.25) is 4.79 Å². The van der Waals surface area contributed by atoms with Crippen LogP contribution in [0, 0.1) is 6.92 Å². The van der Waals surface area contributed by atoms with Crippen molar-refractivity contribution < 1.29 is 4.79 Å². The van der Waals surface area contributed by atoms with Crippen LogP contribution in [0.5, 0.6) is 0 Å². The molecule has 0 saturated carbocycles. The van der Waals surface area contributed by atoms with Gasteiger partial charge in [0.25, 0.3) is 0 Å². The zero-order chi connectivity index (χ0) is 13.1. The number of nitrogens with one attached hydrogen (secondary N) is 1. The van der Waals surface area contributed by atoms with Crippen LogP contribution in [0.15, 0.2) is 23.6 Å². The Labute approximate surface area is 114 Å². The van der Waals surface area contributed by atoms with Crippen LogP contribution in [0.1, 0.15) is 21.1 Å². The molecule has 1 heterocycles. The molecule has 0 spiro atoms. The number of carbonyl (C=O) groups excluding carboxylic acids is 1. The maximum atomic E-state index is 11.1. The van der Waals surface area contributed by atoms with E-state index in [1.165, 1.54) is 0 Å². The number of aryl methyl sites for hydroxylation is 1. The molecule has 1 aromatic carbocycles. The van der Waals surface area contributed by atoms with Crippen molar-refractivity contribution in [1.82, 2.24) is 4.98 Å². The summed E-state index contributed by atoms with van der Waals surface area (Å²) in [4.78, 5) is 15.4. The maximum absolute atomic E-state index is 11.1. The van der Waals surface area contributed by atoms with Gasteiger partial charge in [0, 0.05) is 16.6 Å². The number of nitrogens with zero attached hydrogens (tertiary/aromatic N) is 1. The Kier molecular flexibility index (Phi) is 3.84. The predicted octanol–water partition coefficient (Wildman–Crippen LogP) is 2.82. The molecule has 0 radical (unpaired) electrons. The molecule has 0 aliphatic carbocycles. The molecule has 6 heteroatoms. The standard InChI is InChI=1S/C12H12ClN3OS/c1-7-6-18-11(16-7)5-15-10-4-8(12(14)17)2-3-9(10)13/h2-4,6,15H,5H2,1H3,(H2,14,17). The van der Waals surface area contributed by atoms with Gasteiger partial charge < -0.3 is 11.1 Å². The Hall–Kier alpha value is -1.59. The van der Waals surface area contributed by atoms with E-state index in [9.17, 15) is 4.79 Å². The van der Waals surface area contributed by atoms with Crippen LogP contribution >= 0.6 is 22.9 Å².